The summed E-state index contributed by atoms with van der Waals surface area (Å²) in [5, 5.41) is 0.0582. The second kappa shape index (κ2) is 3.98. The lowest BCUT2D eigenvalue weighted by molar-refractivity contribution is -0.0964. The molecule has 0 bridgehead atoms. The SMILES string of the molecule is FC(F)(Cl)Oc1cccc(Br)c1Cl. The van der Waals surface area contributed by atoms with Crippen molar-refractivity contribution in [1.29, 1.82) is 0 Å². The van der Waals surface area contributed by atoms with Crippen molar-refractivity contribution in [3.63, 3.8) is 0 Å². The van der Waals surface area contributed by atoms with E-state index >= 15 is 0 Å². The fourth-order valence-electron chi connectivity index (χ4n) is 0.688. The molecule has 1 aromatic carbocycles. The summed E-state index contributed by atoms with van der Waals surface area (Å²) in [4.78, 5) is 0. The highest BCUT2D eigenvalue weighted by atomic mass is 79.9. The zero-order valence-electron chi connectivity index (χ0n) is 6.03. The van der Waals surface area contributed by atoms with Crippen molar-refractivity contribution in [3.05, 3.63) is 27.7 Å². The van der Waals surface area contributed by atoms with E-state index in [-0.39, 0.29) is 10.8 Å². The quantitative estimate of drug-likeness (QED) is 0.740. The predicted octanol–water partition coefficient (Wildman–Crippen LogP) is 4.27. The molecule has 1 aromatic rings. The van der Waals surface area contributed by atoms with Gasteiger partial charge in [0.15, 0.2) is 0 Å². The van der Waals surface area contributed by atoms with Gasteiger partial charge in [-0.1, -0.05) is 17.7 Å². The number of hydrogen-bond acceptors (Lipinski definition) is 1. The smallest absolute Gasteiger partial charge is 0.418 e. The van der Waals surface area contributed by atoms with Crippen molar-refractivity contribution in [2.24, 2.45) is 0 Å². The Morgan fingerprint density at radius 1 is 1.38 bits per heavy atom. The molecule has 0 heterocycles. The topological polar surface area (TPSA) is 9.23 Å². The molecule has 0 amide bonds. The van der Waals surface area contributed by atoms with Crippen molar-refractivity contribution < 1.29 is 13.5 Å². The Balaban J connectivity index is 2.96. The lowest BCUT2D eigenvalue weighted by Gasteiger charge is -2.11. The van der Waals surface area contributed by atoms with E-state index in [9.17, 15) is 8.78 Å². The zero-order chi connectivity index (χ0) is 10.1. The van der Waals surface area contributed by atoms with Crippen molar-refractivity contribution in [1.82, 2.24) is 0 Å². The first kappa shape index (κ1) is 11.0. The lowest BCUT2D eigenvalue weighted by Crippen LogP contribution is -2.15. The monoisotopic (exact) mass is 290 g/mol. The minimum absolute atomic E-state index is 0.0582. The van der Waals surface area contributed by atoms with Gasteiger partial charge in [-0.25, -0.2) is 0 Å². The lowest BCUT2D eigenvalue weighted by atomic mass is 10.3. The first-order valence-corrected chi connectivity index (χ1v) is 4.65. The standard InChI is InChI=1S/C7H3BrCl2F2O/c8-4-2-1-3-5(6(4)9)13-7(10,11)12/h1-3H. The summed E-state index contributed by atoms with van der Waals surface area (Å²) < 4.78 is 28.9. The molecular weight excluding hydrogens is 289 g/mol. The summed E-state index contributed by atoms with van der Waals surface area (Å²) in [6.45, 7) is 0. The number of rotatable bonds is 2. The molecule has 0 spiro atoms. The third kappa shape index (κ3) is 3.29. The highest BCUT2D eigenvalue weighted by molar-refractivity contribution is 9.10. The van der Waals surface area contributed by atoms with Gasteiger partial charge in [0, 0.05) is 16.1 Å². The normalized spacial score (nSPS) is 11.5. The maximum absolute atomic E-state index is 12.2. The minimum Gasteiger partial charge on any atom is -0.418 e. The van der Waals surface area contributed by atoms with Crippen molar-refractivity contribution >= 4 is 39.1 Å². The largest absolute Gasteiger partial charge is 0.487 e. The van der Waals surface area contributed by atoms with Crippen LogP contribution in [-0.2, 0) is 0 Å². The van der Waals surface area contributed by atoms with Gasteiger partial charge in [0.2, 0.25) is 0 Å². The van der Waals surface area contributed by atoms with Crippen molar-refractivity contribution in [3.8, 4) is 5.75 Å². The van der Waals surface area contributed by atoms with E-state index in [1.807, 2.05) is 0 Å². The minimum atomic E-state index is -3.75. The van der Waals surface area contributed by atoms with Crippen LogP contribution in [0.5, 0.6) is 5.75 Å². The van der Waals surface area contributed by atoms with Gasteiger partial charge < -0.3 is 4.74 Å². The van der Waals surface area contributed by atoms with E-state index < -0.39 is 5.57 Å². The zero-order valence-corrected chi connectivity index (χ0v) is 9.13. The number of hydrogen-bond donors (Lipinski definition) is 0. The Bertz CT molecular complexity index is 314. The molecule has 0 aromatic heterocycles. The van der Waals surface area contributed by atoms with E-state index in [2.05, 4.69) is 32.3 Å². The van der Waals surface area contributed by atoms with Gasteiger partial charge in [-0.05, 0) is 28.1 Å². The highest BCUT2D eigenvalue weighted by Gasteiger charge is 2.28. The molecule has 72 valence electrons. The van der Waals surface area contributed by atoms with Crippen LogP contribution >= 0.6 is 39.1 Å². The summed E-state index contributed by atoms with van der Waals surface area (Å²) in [7, 11) is 0. The molecule has 0 radical (unpaired) electrons. The van der Waals surface area contributed by atoms with E-state index in [1.54, 1.807) is 6.07 Å². The second-order valence-corrected chi connectivity index (χ2v) is 3.77. The van der Waals surface area contributed by atoms with Crippen LogP contribution < -0.4 is 4.74 Å². The van der Waals surface area contributed by atoms with Gasteiger partial charge in [0.25, 0.3) is 0 Å². The van der Waals surface area contributed by atoms with Gasteiger partial charge in [0.1, 0.15) is 5.75 Å². The van der Waals surface area contributed by atoms with Crippen LogP contribution in [0.25, 0.3) is 0 Å². The van der Waals surface area contributed by atoms with Crippen LogP contribution in [0.1, 0.15) is 0 Å². The molecule has 0 fully saturated rings. The van der Waals surface area contributed by atoms with Crippen LogP contribution in [0.3, 0.4) is 0 Å². The van der Waals surface area contributed by atoms with Gasteiger partial charge in [-0.3, -0.25) is 0 Å². The number of benzene rings is 1. The molecule has 0 aliphatic rings. The molecule has 0 aliphatic carbocycles. The van der Waals surface area contributed by atoms with E-state index in [4.69, 9.17) is 11.6 Å². The van der Waals surface area contributed by atoms with E-state index in [0.29, 0.717) is 4.47 Å². The number of ether oxygens (including phenoxy) is 1. The summed E-state index contributed by atoms with van der Waals surface area (Å²) in [6, 6.07) is 4.40. The summed E-state index contributed by atoms with van der Waals surface area (Å²) in [6.07, 6.45) is 0. The molecule has 0 N–H and O–H groups in total. The average molecular weight is 292 g/mol. The number of alkyl halides is 3. The maximum atomic E-state index is 12.2. The van der Waals surface area contributed by atoms with Gasteiger partial charge in [0.05, 0.1) is 5.02 Å². The van der Waals surface area contributed by atoms with Crippen LogP contribution in [-0.4, -0.2) is 5.57 Å². The molecule has 6 heteroatoms. The first-order valence-electron chi connectivity index (χ1n) is 3.10. The van der Waals surface area contributed by atoms with Crippen LogP contribution in [0, 0.1) is 0 Å². The summed E-state index contributed by atoms with van der Waals surface area (Å²) >= 11 is 13.3. The Kier molecular flexibility index (Phi) is 3.38. The Morgan fingerprint density at radius 3 is 2.54 bits per heavy atom. The van der Waals surface area contributed by atoms with Gasteiger partial charge in [-0.15, -0.1) is 8.78 Å². The van der Waals surface area contributed by atoms with E-state index in [0.717, 1.165) is 0 Å². The van der Waals surface area contributed by atoms with Crippen molar-refractivity contribution in [2.45, 2.75) is 5.57 Å². The Labute approximate surface area is 91.7 Å². The fraction of sp³-hybridized carbons (Fsp3) is 0.143. The molecule has 13 heavy (non-hydrogen) atoms. The molecule has 0 unspecified atom stereocenters. The summed E-state index contributed by atoms with van der Waals surface area (Å²) in [5.74, 6) is -0.170. The molecule has 0 atom stereocenters. The molecule has 0 aliphatic heterocycles. The van der Waals surface area contributed by atoms with Gasteiger partial charge >= 0.3 is 5.57 Å². The fourth-order valence-corrected chi connectivity index (χ4v) is 1.28. The number of halogens is 5. The highest BCUT2D eigenvalue weighted by Crippen LogP contribution is 2.35. The first-order chi connectivity index (χ1) is 5.90. The summed E-state index contributed by atoms with van der Waals surface area (Å²) in [5.41, 5.74) is -3.75. The Morgan fingerprint density at radius 2 is 2.00 bits per heavy atom. The molecule has 1 rings (SSSR count). The molecular formula is C7H3BrCl2F2O. The van der Waals surface area contributed by atoms with Crippen LogP contribution in [0.4, 0.5) is 8.78 Å². The molecule has 1 nitrogen and oxygen atoms in total. The van der Waals surface area contributed by atoms with Crippen LogP contribution in [0.2, 0.25) is 5.02 Å². The third-order valence-corrected chi connectivity index (χ3v) is 2.50. The van der Waals surface area contributed by atoms with Gasteiger partial charge in [-0.2, -0.15) is 0 Å². The third-order valence-electron chi connectivity index (χ3n) is 1.14. The van der Waals surface area contributed by atoms with E-state index in [1.165, 1.54) is 12.1 Å². The average Bonchev–Trinajstić information content (AvgIpc) is 1.96. The Hall–Kier alpha value is -0.0600. The van der Waals surface area contributed by atoms with Crippen LogP contribution in [0.15, 0.2) is 22.7 Å². The second-order valence-electron chi connectivity index (χ2n) is 2.10. The predicted molar refractivity (Wildman–Crippen MR) is 50.6 cm³/mol. The van der Waals surface area contributed by atoms with Crippen molar-refractivity contribution in [2.75, 3.05) is 0 Å². The molecule has 0 saturated carbocycles. The maximum Gasteiger partial charge on any atom is 0.487 e. The molecule has 0 saturated heterocycles.